The standard InChI is InChI=1S/C21H32O6/c1-12(5-7-22)17-13(2)9-14-10-20(3,27)11-15(19(25)26)18(14)21(17,4)16(24)6-8-23/h5,9,14-15,17-18,22-23,27H,6-8,10-11H2,1-4H3,(H,25,26)/t14-,15+,17-,18+,20-,21-/m0/s1. The highest BCUT2D eigenvalue weighted by molar-refractivity contribution is 5.87. The Balaban J connectivity index is 2.70. The van der Waals surface area contributed by atoms with Crippen LogP contribution in [0.15, 0.2) is 23.3 Å². The highest BCUT2D eigenvalue weighted by atomic mass is 16.4. The topological polar surface area (TPSA) is 115 Å². The Bertz CT molecular complexity index is 662. The Morgan fingerprint density at radius 1 is 1.26 bits per heavy atom. The monoisotopic (exact) mass is 380 g/mol. The SMILES string of the molecule is CC(=CCO)[C@H]1C(C)=C[C@H]2C[C@](C)(O)C[C@@H](C(=O)O)[C@@H]2[C@@]1(C)C(=O)CCO. The molecule has 0 aliphatic heterocycles. The maximum Gasteiger partial charge on any atom is 0.306 e. The number of aliphatic hydroxyl groups excluding tert-OH is 2. The molecule has 2 aliphatic carbocycles. The number of hydrogen-bond acceptors (Lipinski definition) is 5. The lowest BCUT2D eigenvalue weighted by Crippen LogP contribution is -2.57. The number of aliphatic carboxylic acids is 1. The van der Waals surface area contributed by atoms with Gasteiger partial charge in [0.05, 0.1) is 18.1 Å². The zero-order chi connectivity index (χ0) is 20.6. The van der Waals surface area contributed by atoms with Gasteiger partial charge in [0.15, 0.2) is 0 Å². The molecule has 0 amide bonds. The van der Waals surface area contributed by atoms with Gasteiger partial charge in [-0.15, -0.1) is 0 Å². The van der Waals surface area contributed by atoms with Crippen LogP contribution in [0.25, 0.3) is 0 Å². The molecule has 1 fully saturated rings. The van der Waals surface area contributed by atoms with Crippen LogP contribution >= 0.6 is 0 Å². The number of rotatable bonds is 6. The van der Waals surface area contributed by atoms with Crippen molar-refractivity contribution < 1.29 is 30.0 Å². The molecule has 0 aromatic rings. The molecule has 1 saturated carbocycles. The maximum atomic E-state index is 13.2. The van der Waals surface area contributed by atoms with Crippen LogP contribution in [0.1, 0.15) is 47.0 Å². The molecule has 0 spiro atoms. The first kappa shape index (κ1) is 21.8. The zero-order valence-corrected chi connectivity index (χ0v) is 16.6. The van der Waals surface area contributed by atoms with E-state index >= 15 is 0 Å². The van der Waals surface area contributed by atoms with E-state index in [9.17, 15) is 30.0 Å². The van der Waals surface area contributed by atoms with Crippen molar-refractivity contribution in [3.8, 4) is 0 Å². The van der Waals surface area contributed by atoms with Gasteiger partial charge >= 0.3 is 5.97 Å². The average Bonchev–Trinajstić information content (AvgIpc) is 2.52. The number of carbonyl (C=O) groups excluding carboxylic acids is 1. The number of aliphatic hydroxyl groups is 3. The van der Waals surface area contributed by atoms with Crippen molar-refractivity contribution in [2.24, 2.45) is 29.1 Å². The van der Waals surface area contributed by atoms with E-state index in [1.807, 2.05) is 19.9 Å². The molecule has 6 nitrogen and oxygen atoms in total. The maximum absolute atomic E-state index is 13.2. The van der Waals surface area contributed by atoms with E-state index in [0.717, 1.165) is 11.1 Å². The number of carbonyl (C=O) groups is 2. The third-order valence-electron chi connectivity index (χ3n) is 6.58. The fraction of sp³-hybridized carbons (Fsp3) is 0.714. The number of fused-ring (bicyclic) bond motifs is 1. The van der Waals surface area contributed by atoms with Crippen LogP contribution in [0.4, 0.5) is 0 Å². The number of ketones is 1. The molecule has 0 unspecified atom stereocenters. The quantitative estimate of drug-likeness (QED) is 0.524. The zero-order valence-electron chi connectivity index (χ0n) is 16.6. The minimum absolute atomic E-state index is 0.0430. The van der Waals surface area contributed by atoms with Crippen LogP contribution < -0.4 is 0 Å². The molecule has 6 atom stereocenters. The van der Waals surface area contributed by atoms with E-state index in [1.54, 1.807) is 19.9 Å². The Morgan fingerprint density at radius 3 is 2.41 bits per heavy atom. The van der Waals surface area contributed by atoms with E-state index in [-0.39, 0.29) is 43.7 Å². The van der Waals surface area contributed by atoms with Gasteiger partial charge < -0.3 is 20.4 Å². The molecule has 152 valence electrons. The van der Waals surface area contributed by atoms with Crippen LogP contribution in [-0.2, 0) is 9.59 Å². The van der Waals surface area contributed by atoms with Gasteiger partial charge in [0.25, 0.3) is 0 Å². The minimum Gasteiger partial charge on any atom is -0.481 e. The van der Waals surface area contributed by atoms with Crippen molar-refractivity contribution in [1.82, 2.24) is 0 Å². The number of Topliss-reactive ketones (excluding diaryl/α,β-unsaturated/α-hetero) is 1. The van der Waals surface area contributed by atoms with Crippen LogP contribution in [-0.4, -0.2) is 51.0 Å². The smallest absolute Gasteiger partial charge is 0.306 e. The summed E-state index contributed by atoms with van der Waals surface area (Å²) in [4.78, 5) is 25.3. The first-order valence-corrected chi connectivity index (χ1v) is 9.54. The second-order valence-corrected chi connectivity index (χ2v) is 8.69. The average molecular weight is 380 g/mol. The van der Waals surface area contributed by atoms with E-state index in [0.29, 0.717) is 6.42 Å². The number of allylic oxidation sites excluding steroid dienone is 3. The van der Waals surface area contributed by atoms with Gasteiger partial charge in [0.1, 0.15) is 5.78 Å². The fourth-order valence-corrected chi connectivity index (χ4v) is 5.79. The van der Waals surface area contributed by atoms with Gasteiger partial charge in [-0.3, -0.25) is 9.59 Å². The number of carboxylic acid groups (broad SMARTS) is 1. The Morgan fingerprint density at radius 2 is 1.89 bits per heavy atom. The van der Waals surface area contributed by atoms with Crippen molar-refractivity contribution in [3.63, 3.8) is 0 Å². The molecule has 4 N–H and O–H groups in total. The Labute approximate surface area is 160 Å². The summed E-state index contributed by atoms with van der Waals surface area (Å²) in [6.45, 7) is 6.76. The molecule has 6 heteroatoms. The van der Waals surface area contributed by atoms with Crippen molar-refractivity contribution in [2.45, 2.75) is 52.6 Å². The molecule has 0 aromatic heterocycles. The van der Waals surface area contributed by atoms with Crippen LogP contribution in [0.2, 0.25) is 0 Å². The van der Waals surface area contributed by atoms with Crippen LogP contribution in [0.3, 0.4) is 0 Å². The summed E-state index contributed by atoms with van der Waals surface area (Å²) in [5, 5.41) is 39.3. The lowest BCUT2D eigenvalue weighted by Gasteiger charge is -2.55. The molecule has 27 heavy (non-hydrogen) atoms. The summed E-state index contributed by atoms with van der Waals surface area (Å²) >= 11 is 0. The van der Waals surface area contributed by atoms with Crippen LogP contribution in [0.5, 0.6) is 0 Å². The molecule has 0 radical (unpaired) electrons. The number of carboxylic acids is 1. The van der Waals surface area contributed by atoms with E-state index in [4.69, 9.17) is 0 Å². The van der Waals surface area contributed by atoms with Crippen molar-refractivity contribution >= 4 is 11.8 Å². The van der Waals surface area contributed by atoms with Crippen molar-refractivity contribution in [1.29, 1.82) is 0 Å². The number of hydrogen-bond donors (Lipinski definition) is 4. The summed E-state index contributed by atoms with van der Waals surface area (Å²) in [6, 6.07) is 0. The molecule has 2 rings (SSSR count). The third kappa shape index (κ3) is 3.89. The van der Waals surface area contributed by atoms with Gasteiger partial charge in [0.2, 0.25) is 0 Å². The van der Waals surface area contributed by atoms with E-state index in [2.05, 4.69) is 0 Å². The molecule has 2 aliphatic rings. The molecule has 0 bridgehead atoms. The van der Waals surface area contributed by atoms with Gasteiger partial charge in [-0.05, 0) is 45.4 Å². The van der Waals surface area contributed by atoms with Gasteiger partial charge in [-0.25, -0.2) is 0 Å². The van der Waals surface area contributed by atoms with Crippen molar-refractivity contribution in [3.05, 3.63) is 23.3 Å². The van der Waals surface area contributed by atoms with Crippen LogP contribution in [0, 0.1) is 29.1 Å². The molecule has 0 saturated heterocycles. The van der Waals surface area contributed by atoms with Gasteiger partial charge in [-0.2, -0.15) is 0 Å². The fourth-order valence-electron chi connectivity index (χ4n) is 5.79. The third-order valence-corrected chi connectivity index (χ3v) is 6.58. The summed E-state index contributed by atoms with van der Waals surface area (Å²) in [7, 11) is 0. The normalized spacial score (nSPS) is 39.5. The first-order valence-electron chi connectivity index (χ1n) is 9.54. The minimum atomic E-state index is -1.11. The summed E-state index contributed by atoms with van der Waals surface area (Å²) in [6.07, 6.45) is 4.10. The highest BCUT2D eigenvalue weighted by Crippen LogP contribution is 2.59. The van der Waals surface area contributed by atoms with E-state index < -0.39 is 28.8 Å². The molecular weight excluding hydrogens is 348 g/mol. The largest absolute Gasteiger partial charge is 0.481 e. The summed E-state index contributed by atoms with van der Waals surface area (Å²) < 4.78 is 0. The molecule has 0 heterocycles. The Hall–Kier alpha value is -1.50. The second-order valence-electron chi connectivity index (χ2n) is 8.69. The predicted octanol–water partition coefficient (Wildman–Crippen LogP) is 1.94. The van der Waals surface area contributed by atoms with E-state index in [1.165, 1.54) is 0 Å². The lowest BCUT2D eigenvalue weighted by atomic mass is 9.47. The highest BCUT2D eigenvalue weighted by Gasteiger charge is 2.59. The van der Waals surface area contributed by atoms with Crippen molar-refractivity contribution in [2.75, 3.05) is 13.2 Å². The lowest BCUT2D eigenvalue weighted by molar-refractivity contribution is -0.164. The molecule has 0 aromatic carbocycles. The van der Waals surface area contributed by atoms with Gasteiger partial charge in [0, 0.05) is 24.4 Å². The first-order chi connectivity index (χ1) is 12.5. The second kappa shape index (κ2) is 7.86. The Kier molecular flexibility index (Phi) is 6.34. The van der Waals surface area contributed by atoms with Gasteiger partial charge in [-0.1, -0.05) is 30.2 Å². The predicted molar refractivity (Wildman–Crippen MR) is 101 cm³/mol. The molecular formula is C21H32O6. The summed E-state index contributed by atoms with van der Waals surface area (Å²) in [5.74, 6) is -3.10. The summed E-state index contributed by atoms with van der Waals surface area (Å²) in [5.41, 5.74) is -0.374.